The molecule has 25 heavy (non-hydrogen) atoms. The van der Waals surface area contributed by atoms with E-state index in [0.717, 1.165) is 11.1 Å². The third-order valence-corrected chi connectivity index (χ3v) is 4.12. The fraction of sp³-hybridized carbons (Fsp3) is 0.263. The summed E-state index contributed by atoms with van der Waals surface area (Å²) in [6.07, 6.45) is 0. The number of hydrogen-bond acceptors (Lipinski definition) is 4. The maximum atomic E-state index is 12.2. The van der Waals surface area contributed by atoms with Gasteiger partial charge in [-0.1, -0.05) is 29.8 Å². The molecule has 2 aromatic carbocycles. The zero-order valence-electron chi connectivity index (χ0n) is 14.4. The summed E-state index contributed by atoms with van der Waals surface area (Å²) < 4.78 is 4.70. The molecule has 0 saturated heterocycles. The summed E-state index contributed by atoms with van der Waals surface area (Å²) >= 11 is 5.88. The SMILES string of the molecule is COC(=O)c1ccc(C)c(NC(=O)CN[C@H](C)c2ccc(Cl)cc2)c1. The lowest BCUT2D eigenvalue weighted by Crippen LogP contribution is -2.30. The van der Waals surface area contributed by atoms with Crippen molar-refractivity contribution in [3.8, 4) is 0 Å². The van der Waals surface area contributed by atoms with Crippen LogP contribution in [0.15, 0.2) is 42.5 Å². The van der Waals surface area contributed by atoms with E-state index in [2.05, 4.69) is 10.6 Å². The first kappa shape index (κ1) is 19.0. The highest BCUT2D eigenvalue weighted by Crippen LogP contribution is 2.18. The standard InChI is InChI=1S/C19H21ClN2O3/c1-12-4-5-15(19(24)25-3)10-17(12)22-18(23)11-21-13(2)14-6-8-16(20)9-7-14/h4-10,13,21H,11H2,1-3H3,(H,22,23)/t13-/m1/s1. The topological polar surface area (TPSA) is 67.4 Å². The minimum atomic E-state index is -0.440. The van der Waals surface area contributed by atoms with Crippen LogP contribution in [0.2, 0.25) is 5.02 Å². The largest absolute Gasteiger partial charge is 0.465 e. The first-order valence-corrected chi connectivity index (χ1v) is 8.26. The van der Waals surface area contributed by atoms with Gasteiger partial charge in [-0.15, -0.1) is 0 Å². The Labute approximate surface area is 152 Å². The van der Waals surface area contributed by atoms with Crippen molar-refractivity contribution in [1.82, 2.24) is 5.32 Å². The quantitative estimate of drug-likeness (QED) is 0.770. The second-order valence-electron chi connectivity index (χ2n) is 5.72. The van der Waals surface area contributed by atoms with Gasteiger partial charge >= 0.3 is 5.97 Å². The number of benzene rings is 2. The van der Waals surface area contributed by atoms with E-state index in [9.17, 15) is 9.59 Å². The van der Waals surface area contributed by atoms with Crippen molar-refractivity contribution < 1.29 is 14.3 Å². The van der Waals surface area contributed by atoms with Crippen LogP contribution in [-0.2, 0) is 9.53 Å². The van der Waals surface area contributed by atoms with Crippen LogP contribution in [0.5, 0.6) is 0 Å². The number of hydrogen-bond donors (Lipinski definition) is 2. The predicted molar refractivity (Wildman–Crippen MR) is 99.0 cm³/mol. The number of halogens is 1. The summed E-state index contributed by atoms with van der Waals surface area (Å²) in [5.74, 6) is -0.629. The second kappa shape index (κ2) is 8.65. The summed E-state index contributed by atoms with van der Waals surface area (Å²) in [7, 11) is 1.32. The molecule has 0 bridgehead atoms. The van der Waals surface area contributed by atoms with Gasteiger partial charge in [0.25, 0.3) is 0 Å². The van der Waals surface area contributed by atoms with Gasteiger partial charge < -0.3 is 15.4 Å². The number of anilines is 1. The predicted octanol–water partition coefficient (Wildman–Crippen LogP) is 3.72. The minimum Gasteiger partial charge on any atom is -0.465 e. The van der Waals surface area contributed by atoms with E-state index in [-0.39, 0.29) is 18.5 Å². The molecule has 2 rings (SSSR count). The fourth-order valence-corrected chi connectivity index (χ4v) is 2.44. The van der Waals surface area contributed by atoms with E-state index in [1.165, 1.54) is 7.11 Å². The highest BCUT2D eigenvalue weighted by molar-refractivity contribution is 6.30. The molecule has 6 heteroatoms. The molecular formula is C19H21ClN2O3. The molecule has 0 heterocycles. The molecule has 0 spiro atoms. The van der Waals surface area contributed by atoms with Crippen molar-refractivity contribution in [2.24, 2.45) is 0 Å². The van der Waals surface area contributed by atoms with E-state index in [0.29, 0.717) is 16.3 Å². The first-order chi connectivity index (χ1) is 11.9. The van der Waals surface area contributed by atoms with Gasteiger partial charge in [0, 0.05) is 16.8 Å². The highest BCUT2D eigenvalue weighted by Gasteiger charge is 2.12. The Balaban J connectivity index is 1.96. The molecule has 2 aromatic rings. The van der Waals surface area contributed by atoms with E-state index < -0.39 is 5.97 Å². The lowest BCUT2D eigenvalue weighted by Gasteiger charge is -2.15. The van der Waals surface area contributed by atoms with Gasteiger partial charge in [-0.2, -0.15) is 0 Å². The molecule has 0 aromatic heterocycles. The number of aryl methyl sites for hydroxylation is 1. The Bertz CT molecular complexity index is 760. The average molecular weight is 361 g/mol. The van der Waals surface area contributed by atoms with Gasteiger partial charge in [-0.25, -0.2) is 4.79 Å². The zero-order chi connectivity index (χ0) is 18.4. The van der Waals surface area contributed by atoms with Crippen LogP contribution in [0.3, 0.4) is 0 Å². The normalized spacial score (nSPS) is 11.7. The van der Waals surface area contributed by atoms with Crippen LogP contribution in [-0.4, -0.2) is 25.5 Å². The smallest absolute Gasteiger partial charge is 0.337 e. The number of ether oxygens (including phenoxy) is 1. The number of amides is 1. The van der Waals surface area contributed by atoms with Crippen molar-refractivity contribution in [3.63, 3.8) is 0 Å². The third-order valence-electron chi connectivity index (χ3n) is 3.87. The molecule has 0 aliphatic rings. The van der Waals surface area contributed by atoms with Crippen LogP contribution in [0.4, 0.5) is 5.69 Å². The van der Waals surface area contributed by atoms with Gasteiger partial charge in [0.1, 0.15) is 0 Å². The summed E-state index contributed by atoms with van der Waals surface area (Å²) in [5.41, 5.74) is 2.90. The summed E-state index contributed by atoms with van der Waals surface area (Å²) in [6, 6.07) is 12.5. The van der Waals surface area contributed by atoms with Crippen LogP contribution < -0.4 is 10.6 Å². The first-order valence-electron chi connectivity index (χ1n) is 7.88. The fourth-order valence-electron chi connectivity index (χ4n) is 2.31. The van der Waals surface area contributed by atoms with Gasteiger partial charge in [-0.3, -0.25) is 4.79 Å². The van der Waals surface area contributed by atoms with Gasteiger partial charge in [0.15, 0.2) is 0 Å². The number of carbonyl (C=O) groups excluding carboxylic acids is 2. The summed E-state index contributed by atoms with van der Waals surface area (Å²) in [6.45, 7) is 3.98. The maximum Gasteiger partial charge on any atom is 0.337 e. The Hall–Kier alpha value is -2.37. The van der Waals surface area contributed by atoms with E-state index in [1.807, 2.05) is 38.1 Å². The van der Waals surface area contributed by atoms with Crippen LogP contribution >= 0.6 is 11.6 Å². The molecule has 0 radical (unpaired) electrons. The molecule has 1 atom stereocenters. The Morgan fingerprint density at radius 1 is 1.16 bits per heavy atom. The van der Waals surface area contributed by atoms with E-state index >= 15 is 0 Å². The molecule has 2 N–H and O–H groups in total. The van der Waals surface area contributed by atoms with Crippen molar-refractivity contribution in [3.05, 3.63) is 64.2 Å². The van der Waals surface area contributed by atoms with Crippen LogP contribution in [0, 0.1) is 6.92 Å². The monoisotopic (exact) mass is 360 g/mol. The molecule has 132 valence electrons. The van der Waals surface area contributed by atoms with Gasteiger partial charge in [0.05, 0.1) is 19.2 Å². The minimum absolute atomic E-state index is 0.00511. The highest BCUT2D eigenvalue weighted by atomic mass is 35.5. The number of rotatable bonds is 6. The van der Waals surface area contributed by atoms with Crippen molar-refractivity contribution in [2.45, 2.75) is 19.9 Å². The lowest BCUT2D eigenvalue weighted by molar-refractivity contribution is -0.115. The summed E-state index contributed by atoms with van der Waals surface area (Å²) in [5, 5.41) is 6.65. The molecule has 0 unspecified atom stereocenters. The second-order valence-corrected chi connectivity index (χ2v) is 6.16. The molecule has 1 amide bonds. The average Bonchev–Trinajstić information content (AvgIpc) is 2.61. The summed E-state index contributed by atoms with van der Waals surface area (Å²) in [4.78, 5) is 23.8. The van der Waals surface area contributed by atoms with Crippen LogP contribution in [0.1, 0.15) is 34.5 Å². The van der Waals surface area contributed by atoms with Crippen LogP contribution in [0.25, 0.3) is 0 Å². The Kier molecular flexibility index (Phi) is 6.56. The number of methoxy groups -OCH3 is 1. The molecule has 0 fully saturated rings. The van der Waals surface area contributed by atoms with Gasteiger partial charge in [0.2, 0.25) is 5.91 Å². The molecule has 0 aliphatic carbocycles. The lowest BCUT2D eigenvalue weighted by atomic mass is 10.1. The molecule has 0 aliphatic heterocycles. The number of esters is 1. The molecule has 0 saturated carbocycles. The number of nitrogens with one attached hydrogen (secondary N) is 2. The third kappa shape index (κ3) is 5.31. The van der Waals surface area contributed by atoms with E-state index in [4.69, 9.17) is 16.3 Å². The maximum absolute atomic E-state index is 12.2. The van der Waals surface area contributed by atoms with E-state index in [1.54, 1.807) is 18.2 Å². The Morgan fingerprint density at radius 3 is 2.48 bits per heavy atom. The molecule has 5 nitrogen and oxygen atoms in total. The van der Waals surface area contributed by atoms with Gasteiger partial charge in [-0.05, 0) is 49.2 Å². The van der Waals surface area contributed by atoms with Crippen molar-refractivity contribution in [1.29, 1.82) is 0 Å². The Morgan fingerprint density at radius 2 is 1.84 bits per heavy atom. The number of carbonyl (C=O) groups is 2. The molecular weight excluding hydrogens is 340 g/mol. The van der Waals surface area contributed by atoms with Crippen molar-refractivity contribution >= 4 is 29.2 Å². The zero-order valence-corrected chi connectivity index (χ0v) is 15.2. The van der Waals surface area contributed by atoms with Crippen molar-refractivity contribution in [2.75, 3.05) is 19.0 Å².